The minimum Gasteiger partial charge on any atom is -0.344 e. The average molecular weight is 471 g/mol. The number of hydrogen-bond donors (Lipinski definition) is 1. The van der Waals surface area contributed by atoms with Crippen LogP contribution in [0.1, 0.15) is 52.6 Å². The topological polar surface area (TPSA) is 109 Å². The normalized spacial score (nSPS) is 20.7. The fraction of sp³-hybridized carbons (Fsp3) is 0.360. The van der Waals surface area contributed by atoms with Gasteiger partial charge in [-0.05, 0) is 61.7 Å². The van der Waals surface area contributed by atoms with Crippen molar-refractivity contribution in [2.75, 3.05) is 18.0 Å². The Balaban J connectivity index is 1.08. The van der Waals surface area contributed by atoms with Crippen molar-refractivity contribution in [1.82, 2.24) is 30.2 Å². The van der Waals surface area contributed by atoms with Gasteiger partial charge < -0.3 is 10.2 Å². The van der Waals surface area contributed by atoms with E-state index in [1.165, 1.54) is 0 Å². The van der Waals surface area contributed by atoms with E-state index in [-0.39, 0.29) is 23.7 Å². The van der Waals surface area contributed by atoms with Crippen LogP contribution in [0, 0.1) is 0 Å². The third-order valence-electron chi connectivity index (χ3n) is 7.12. The van der Waals surface area contributed by atoms with Crippen LogP contribution in [0.4, 0.5) is 16.3 Å². The number of nitrogens with one attached hydrogen (secondary N) is 1. The van der Waals surface area contributed by atoms with Crippen molar-refractivity contribution in [3.63, 3.8) is 0 Å². The maximum Gasteiger partial charge on any atom is 0.324 e. The molecule has 6 rings (SSSR count). The number of aliphatic imine (C=N–C) groups is 1. The zero-order valence-corrected chi connectivity index (χ0v) is 19.3. The number of carbonyl (C=O) groups is 2. The van der Waals surface area contributed by atoms with Crippen LogP contribution in [0.15, 0.2) is 47.6 Å². The SMILES string of the molecule is C=Nc1ccc2c(n1)CCC2NC(=O)c1cn(Cc2ccc(N3CC4CCCN4C3=O)cc2)nn1. The number of urea groups is 1. The van der Waals surface area contributed by atoms with Gasteiger partial charge in [-0.1, -0.05) is 23.4 Å². The molecule has 3 amide bonds. The zero-order chi connectivity index (χ0) is 23.9. The van der Waals surface area contributed by atoms with E-state index in [1.54, 1.807) is 16.9 Å². The first-order valence-electron chi connectivity index (χ1n) is 11.9. The summed E-state index contributed by atoms with van der Waals surface area (Å²) in [7, 11) is 0. The summed E-state index contributed by atoms with van der Waals surface area (Å²) in [5, 5.41) is 11.2. The number of fused-ring (bicyclic) bond motifs is 2. The van der Waals surface area contributed by atoms with E-state index in [0.717, 1.165) is 61.3 Å². The molecule has 10 nitrogen and oxygen atoms in total. The molecule has 0 spiro atoms. The van der Waals surface area contributed by atoms with Gasteiger partial charge in [0.05, 0.1) is 24.8 Å². The average Bonchev–Trinajstić information content (AvgIpc) is 3.66. The summed E-state index contributed by atoms with van der Waals surface area (Å²) in [5.41, 5.74) is 4.16. The molecular weight excluding hydrogens is 444 g/mol. The van der Waals surface area contributed by atoms with Gasteiger partial charge in [0.15, 0.2) is 11.5 Å². The summed E-state index contributed by atoms with van der Waals surface area (Å²) in [6, 6.07) is 12.0. The molecule has 3 aliphatic rings. The van der Waals surface area contributed by atoms with Gasteiger partial charge in [0, 0.05) is 24.5 Å². The maximum absolute atomic E-state index is 12.8. The Morgan fingerprint density at radius 1 is 1.17 bits per heavy atom. The molecule has 0 bridgehead atoms. The largest absolute Gasteiger partial charge is 0.344 e. The van der Waals surface area contributed by atoms with E-state index in [1.807, 2.05) is 40.1 Å². The first-order chi connectivity index (χ1) is 17.1. The molecule has 2 aromatic heterocycles. The van der Waals surface area contributed by atoms with Crippen LogP contribution >= 0.6 is 0 Å². The van der Waals surface area contributed by atoms with Crippen LogP contribution in [0.3, 0.4) is 0 Å². The Morgan fingerprint density at radius 3 is 2.83 bits per heavy atom. The predicted octanol–water partition coefficient (Wildman–Crippen LogP) is 2.88. The number of rotatable bonds is 6. The molecule has 3 aromatic rings. The van der Waals surface area contributed by atoms with Gasteiger partial charge in [-0.3, -0.25) is 9.69 Å². The Hall–Kier alpha value is -4.08. The van der Waals surface area contributed by atoms with Gasteiger partial charge in [-0.25, -0.2) is 19.5 Å². The molecule has 1 N–H and O–H groups in total. The number of anilines is 1. The second-order valence-corrected chi connectivity index (χ2v) is 9.28. The lowest BCUT2D eigenvalue weighted by Crippen LogP contribution is -2.31. The van der Waals surface area contributed by atoms with Crippen LogP contribution < -0.4 is 10.2 Å². The Kier molecular flexibility index (Phi) is 5.28. The molecular formula is C25H26N8O2. The molecule has 0 radical (unpaired) electrons. The fourth-order valence-electron chi connectivity index (χ4n) is 5.31. The molecule has 2 aliphatic heterocycles. The number of hydrogen-bond acceptors (Lipinski definition) is 6. The molecule has 35 heavy (non-hydrogen) atoms. The van der Waals surface area contributed by atoms with Gasteiger partial charge in [0.1, 0.15) is 0 Å². The molecule has 10 heteroatoms. The summed E-state index contributed by atoms with van der Waals surface area (Å²) >= 11 is 0. The van der Waals surface area contributed by atoms with Crippen molar-refractivity contribution in [3.8, 4) is 0 Å². The van der Waals surface area contributed by atoms with Gasteiger partial charge >= 0.3 is 6.03 Å². The van der Waals surface area contributed by atoms with Crippen molar-refractivity contribution < 1.29 is 9.59 Å². The molecule has 1 aromatic carbocycles. The zero-order valence-electron chi connectivity index (χ0n) is 19.3. The van der Waals surface area contributed by atoms with Gasteiger partial charge in [-0.2, -0.15) is 0 Å². The number of nitrogens with zero attached hydrogens (tertiary/aromatic N) is 7. The van der Waals surface area contributed by atoms with Gasteiger partial charge in [-0.15, -0.1) is 5.10 Å². The third-order valence-corrected chi connectivity index (χ3v) is 7.12. The summed E-state index contributed by atoms with van der Waals surface area (Å²) in [4.78, 5) is 37.6. The quantitative estimate of drug-likeness (QED) is 0.557. The second-order valence-electron chi connectivity index (χ2n) is 9.28. The van der Waals surface area contributed by atoms with Crippen LogP contribution in [0.5, 0.6) is 0 Å². The second kappa shape index (κ2) is 8.61. The minimum absolute atomic E-state index is 0.102. The van der Waals surface area contributed by atoms with Crippen molar-refractivity contribution >= 4 is 30.2 Å². The number of aryl methyl sites for hydroxylation is 1. The van der Waals surface area contributed by atoms with E-state index in [2.05, 4.69) is 32.3 Å². The van der Waals surface area contributed by atoms with Crippen molar-refractivity contribution in [1.29, 1.82) is 0 Å². The molecule has 178 valence electrons. The highest BCUT2D eigenvalue weighted by Crippen LogP contribution is 2.32. The first kappa shape index (κ1) is 21.5. The van der Waals surface area contributed by atoms with E-state index in [9.17, 15) is 9.59 Å². The van der Waals surface area contributed by atoms with E-state index >= 15 is 0 Å². The lowest BCUT2D eigenvalue weighted by Gasteiger charge is -2.17. The van der Waals surface area contributed by atoms with E-state index in [0.29, 0.717) is 18.4 Å². The molecule has 2 unspecified atom stereocenters. The molecule has 2 fully saturated rings. The summed E-state index contributed by atoms with van der Waals surface area (Å²) in [6.45, 7) is 5.61. The van der Waals surface area contributed by atoms with E-state index in [4.69, 9.17) is 0 Å². The van der Waals surface area contributed by atoms with Crippen LogP contribution in [0.2, 0.25) is 0 Å². The maximum atomic E-state index is 12.8. The smallest absolute Gasteiger partial charge is 0.324 e. The number of pyridine rings is 1. The van der Waals surface area contributed by atoms with Crippen molar-refractivity contribution in [2.45, 2.75) is 44.3 Å². The number of aromatic nitrogens is 4. The summed E-state index contributed by atoms with van der Waals surface area (Å²) in [6.07, 6.45) is 5.41. The lowest BCUT2D eigenvalue weighted by atomic mass is 10.1. The highest BCUT2D eigenvalue weighted by Gasteiger charge is 2.40. The minimum atomic E-state index is -0.261. The molecule has 1 aliphatic carbocycles. The standard InChI is InChI=1S/C25H26N8O2/c1-26-23-11-8-19-20(27-23)9-10-21(19)28-24(34)22-15-31(30-29-22)13-16-4-6-17(7-5-16)33-14-18-3-2-12-32(18)25(33)35/h4-8,11,15,18,21H,1-3,9-10,12-14H2,(H,28,34). The van der Waals surface area contributed by atoms with Gasteiger partial charge in [0.2, 0.25) is 0 Å². The third kappa shape index (κ3) is 3.94. The highest BCUT2D eigenvalue weighted by atomic mass is 16.2. The number of benzene rings is 1. The van der Waals surface area contributed by atoms with Crippen LogP contribution in [-0.2, 0) is 13.0 Å². The van der Waals surface area contributed by atoms with Crippen LogP contribution in [-0.4, -0.2) is 62.7 Å². The van der Waals surface area contributed by atoms with Crippen LogP contribution in [0.25, 0.3) is 0 Å². The number of amides is 3. The Morgan fingerprint density at radius 2 is 2.03 bits per heavy atom. The fourth-order valence-corrected chi connectivity index (χ4v) is 5.31. The van der Waals surface area contributed by atoms with Crippen molar-refractivity contribution in [2.24, 2.45) is 4.99 Å². The van der Waals surface area contributed by atoms with Crippen molar-refractivity contribution in [3.05, 3.63) is 65.1 Å². The highest BCUT2D eigenvalue weighted by molar-refractivity contribution is 5.95. The Bertz CT molecular complexity index is 1300. The molecule has 0 saturated carbocycles. The Labute approximate surface area is 202 Å². The first-order valence-corrected chi connectivity index (χ1v) is 11.9. The summed E-state index contributed by atoms with van der Waals surface area (Å²) in [5.74, 6) is 0.336. The predicted molar refractivity (Wildman–Crippen MR) is 130 cm³/mol. The monoisotopic (exact) mass is 470 g/mol. The lowest BCUT2D eigenvalue weighted by molar-refractivity contribution is 0.0931. The van der Waals surface area contributed by atoms with E-state index < -0.39 is 0 Å². The molecule has 4 heterocycles. The number of carbonyl (C=O) groups excluding carboxylic acids is 2. The van der Waals surface area contributed by atoms with Gasteiger partial charge in [0.25, 0.3) is 5.91 Å². The molecule has 2 saturated heterocycles. The summed E-state index contributed by atoms with van der Waals surface area (Å²) < 4.78 is 1.65. The molecule has 2 atom stereocenters.